The molecule has 0 spiro atoms. The quantitative estimate of drug-likeness (QED) is 0.919. The molecule has 2 aromatic heterocycles. The number of halogens is 1. The van der Waals surface area contributed by atoms with E-state index in [0.717, 1.165) is 28.0 Å². The summed E-state index contributed by atoms with van der Waals surface area (Å²) in [6.07, 6.45) is 1.91. The lowest BCUT2D eigenvalue weighted by molar-refractivity contribution is 0.529. The molecule has 0 saturated carbocycles. The van der Waals surface area contributed by atoms with E-state index >= 15 is 0 Å². The topological polar surface area (TPSA) is 42.7 Å². The van der Waals surface area contributed by atoms with E-state index in [2.05, 4.69) is 36.2 Å². The largest absolute Gasteiger partial charge is 0.302 e. The normalized spacial score (nSPS) is 12.9. The smallest absolute Gasteiger partial charge is 0.109 e. The van der Waals surface area contributed by atoms with Crippen LogP contribution in [0.3, 0.4) is 0 Å². The Morgan fingerprint density at radius 3 is 2.79 bits per heavy atom. The number of aryl methyl sites for hydroxylation is 3. The van der Waals surface area contributed by atoms with Gasteiger partial charge in [0, 0.05) is 24.2 Å². The minimum atomic E-state index is 0.218. The Hall–Kier alpha value is -0.910. The average molecular weight is 299 g/mol. The molecule has 2 heterocycles. The zero-order valence-electron chi connectivity index (χ0n) is 11.7. The van der Waals surface area contributed by atoms with Gasteiger partial charge in [0.2, 0.25) is 0 Å². The second-order valence-corrected chi connectivity index (χ2v) is 6.22. The maximum absolute atomic E-state index is 6.29. The van der Waals surface area contributed by atoms with Crippen molar-refractivity contribution in [3.63, 3.8) is 0 Å². The van der Waals surface area contributed by atoms with Crippen molar-refractivity contribution in [3.8, 4) is 0 Å². The second-order valence-electron chi connectivity index (χ2n) is 4.57. The molecule has 104 valence electrons. The van der Waals surface area contributed by atoms with Gasteiger partial charge in [-0.2, -0.15) is 5.10 Å². The number of hydrogen-bond donors (Lipinski definition) is 1. The van der Waals surface area contributed by atoms with Crippen LogP contribution in [0.15, 0.2) is 6.20 Å². The Morgan fingerprint density at radius 2 is 2.21 bits per heavy atom. The lowest BCUT2D eigenvalue weighted by atomic mass is 10.3. The third kappa shape index (κ3) is 3.16. The average Bonchev–Trinajstić information content (AvgIpc) is 2.93. The van der Waals surface area contributed by atoms with Crippen LogP contribution in [-0.4, -0.2) is 14.8 Å². The van der Waals surface area contributed by atoms with E-state index in [9.17, 15) is 0 Å². The Kier molecular flexibility index (Phi) is 4.60. The van der Waals surface area contributed by atoms with Gasteiger partial charge in [-0.25, -0.2) is 4.98 Å². The van der Waals surface area contributed by atoms with Crippen LogP contribution in [0.25, 0.3) is 0 Å². The molecule has 2 rings (SSSR count). The highest BCUT2D eigenvalue weighted by molar-refractivity contribution is 7.11. The molecule has 0 aliphatic heterocycles. The van der Waals surface area contributed by atoms with Gasteiger partial charge in [-0.3, -0.25) is 4.68 Å². The minimum absolute atomic E-state index is 0.218. The molecular formula is C13H19ClN4S. The first-order chi connectivity index (χ1) is 9.02. The Balaban J connectivity index is 2.06. The standard InChI is InChI=1S/C13H19ClN4S/c1-5-18-11(12(14)9(3)17-18)7-15-10(4)13-16-6-8(2)19-13/h6,10,15H,5,7H2,1-4H3. The molecule has 1 N–H and O–H groups in total. The zero-order valence-corrected chi connectivity index (χ0v) is 13.3. The van der Waals surface area contributed by atoms with Crippen molar-refractivity contribution in [2.75, 3.05) is 0 Å². The second kappa shape index (κ2) is 6.03. The molecule has 19 heavy (non-hydrogen) atoms. The van der Waals surface area contributed by atoms with Crippen molar-refractivity contribution in [1.29, 1.82) is 0 Å². The number of aromatic nitrogens is 3. The molecule has 0 aliphatic rings. The van der Waals surface area contributed by atoms with Crippen molar-refractivity contribution < 1.29 is 0 Å². The summed E-state index contributed by atoms with van der Waals surface area (Å²) in [4.78, 5) is 5.63. The van der Waals surface area contributed by atoms with E-state index in [4.69, 9.17) is 11.6 Å². The summed E-state index contributed by atoms with van der Waals surface area (Å²) in [5.74, 6) is 0. The number of thiazole rings is 1. The molecular weight excluding hydrogens is 280 g/mol. The van der Waals surface area contributed by atoms with Gasteiger partial charge in [0.1, 0.15) is 5.01 Å². The van der Waals surface area contributed by atoms with E-state index in [1.54, 1.807) is 11.3 Å². The van der Waals surface area contributed by atoms with Gasteiger partial charge in [0.25, 0.3) is 0 Å². The molecule has 2 aromatic rings. The lowest BCUT2D eigenvalue weighted by Crippen LogP contribution is -2.20. The monoisotopic (exact) mass is 298 g/mol. The summed E-state index contributed by atoms with van der Waals surface area (Å²) < 4.78 is 1.95. The number of hydrogen-bond acceptors (Lipinski definition) is 4. The van der Waals surface area contributed by atoms with Gasteiger partial charge in [0.15, 0.2) is 0 Å². The molecule has 6 heteroatoms. The van der Waals surface area contributed by atoms with Crippen LogP contribution in [-0.2, 0) is 13.1 Å². The fourth-order valence-corrected chi connectivity index (χ4v) is 2.95. The first kappa shape index (κ1) is 14.5. The van der Waals surface area contributed by atoms with Crippen LogP contribution in [0.2, 0.25) is 5.02 Å². The highest BCUT2D eigenvalue weighted by atomic mass is 35.5. The molecule has 0 amide bonds. The van der Waals surface area contributed by atoms with Gasteiger partial charge in [0.05, 0.1) is 22.5 Å². The van der Waals surface area contributed by atoms with Gasteiger partial charge in [-0.15, -0.1) is 11.3 Å². The van der Waals surface area contributed by atoms with E-state index in [-0.39, 0.29) is 6.04 Å². The molecule has 4 nitrogen and oxygen atoms in total. The van der Waals surface area contributed by atoms with Crippen LogP contribution >= 0.6 is 22.9 Å². The third-order valence-corrected chi connectivity index (χ3v) is 4.63. The SMILES string of the molecule is CCn1nc(C)c(Cl)c1CNC(C)c1ncc(C)s1. The van der Waals surface area contributed by atoms with Crippen molar-refractivity contribution in [1.82, 2.24) is 20.1 Å². The van der Waals surface area contributed by atoms with Crippen LogP contribution in [0, 0.1) is 13.8 Å². The van der Waals surface area contributed by atoms with E-state index < -0.39 is 0 Å². The summed E-state index contributed by atoms with van der Waals surface area (Å²) in [5, 5.41) is 9.74. The number of nitrogens with one attached hydrogen (secondary N) is 1. The third-order valence-electron chi connectivity index (χ3n) is 3.04. The molecule has 0 radical (unpaired) electrons. The highest BCUT2D eigenvalue weighted by Gasteiger charge is 2.15. The van der Waals surface area contributed by atoms with E-state index in [1.807, 2.05) is 17.8 Å². The van der Waals surface area contributed by atoms with Gasteiger partial charge in [-0.05, 0) is 27.7 Å². The van der Waals surface area contributed by atoms with Crippen molar-refractivity contribution in [3.05, 3.63) is 32.5 Å². The summed E-state index contributed by atoms with van der Waals surface area (Å²) in [5.41, 5.74) is 1.93. The zero-order chi connectivity index (χ0) is 14.0. The summed E-state index contributed by atoms with van der Waals surface area (Å²) >= 11 is 8.01. The number of nitrogens with zero attached hydrogens (tertiary/aromatic N) is 3. The van der Waals surface area contributed by atoms with Gasteiger partial charge < -0.3 is 5.32 Å². The molecule has 1 unspecified atom stereocenters. The van der Waals surface area contributed by atoms with Crippen molar-refractivity contribution in [2.45, 2.75) is 46.8 Å². The summed E-state index contributed by atoms with van der Waals surface area (Å²) in [6, 6.07) is 0.218. The van der Waals surface area contributed by atoms with Crippen LogP contribution in [0.5, 0.6) is 0 Å². The summed E-state index contributed by atoms with van der Waals surface area (Å²) in [6.45, 7) is 9.72. The van der Waals surface area contributed by atoms with Crippen molar-refractivity contribution >= 4 is 22.9 Å². The van der Waals surface area contributed by atoms with Crippen LogP contribution in [0.4, 0.5) is 0 Å². The molecule has 0 aromatic carbocycles. The fraction of sp³-hybridized carbons (Fsp3) is 0.538. The first-order valence-electron chi connectivity index (χ1n) is 6.40. The highest BCUT2D eigenvalue weighted by Crippen LogP contribution is 2.23. The van der Waals surface area contributed by atoms with E-state index in [0.29, 0.717) is 6.54 Å². The Morgan fingerprint density at radius 1 is 1.47 bits per heavy atom. The van der Waals surface area contributed by atoms with Crippen molar-refractivity contribution in [2.24, 2.45) is 0 Å². The predicted octanol–water partition coefficient (Wildman–Crippen LogP) is 3.48. The predicted molar refractivity (Wildman–Crippen MR) is 79.8 cm³/mol. The lowest BCUT2D eigenvalue weighted by Gasteiger charge is -2.12. The first-order valence-corrected chi connectivity index (χ1v) is 7.59. The fourth-order valence-electron chi connectivity index (χ4n) is 1.95. The molecule has 0 saturated heterocycles. The summed E-state index contributed by atoms with van der Waals surface area (Å²) in [7, 11) is 0. The maximum atomic E-state index is 6.29. The molecule has 0 bridgehead atoms. The molecule has 1 atom stereocenters. The van der Waals surface area contributed by atoms with Crippen LogP contribution < -0.4 is 5.32 Å². The van der Waals surface area contributed by atoms with Crippen LogP contribution in [0.1, 0.15) is 41.2 Å². The molecule has 0 aliphatic carbocycles. The van der Waals surface area contributed by atoms with Gasteiger partial charge in [-0.1, -0.05) is 11.6 Å². The number of rotatable bonds is 5. The molecule has 0 fully saturated rings. The Labute approximate surface area is 122 Å². The van der Waals surface area contributed by atoms with Gasteiger partial charge >= 0.3 is 0 Å². The van der Waals surface area contributed by atoms with E-state index in [1.165, 1.54) is 4.88 Å². The maximum Gasteiger partial charge on any atom is 0.109 e. The Bertz CT molecular complexity index is 561. The minimum Gasteiger partial charge on any atom is -0.302 e.